The lowest BCUT2D eigenvalue weighted by molar-refractivity contribution is 0.265. The summed E-state index contributed by atoms with van der Waals surface area (Å²) in [6.07, 6.45) is 2.49. The maximum Gasteiger partial charge on any atom is 0.264 e. The van der Waals surface area contributed by atoms with Crippen molar-refractivity contribution in [2.75, 3.05) is 25.9 Å². The summed E-state index contributed by atoms with van der Waals surface area (Å²) in [5.74, 6) is 0.773. The van der Waals surface area contributed by atoms with Crippen LogP contribution in [0.1, 0.15) is 17.5 Å². The van der Waals surface area contributed by atoms with Gasteiger partial charge in [-0.2, -0.15) is 0 Å². The fourth-order valence-electron chi connectivity index (χ4n) is 3.49. The summed E-state index contributed by atoms with van der Waals surface area (Å²) in [5.41, 5.74) is 2.53. The van der Waals surface area contributed by atoms with E-state index in [0.717, 1.165) is 36.1 Å². The minimum atomic E-state index is -3.92. The van der Waals surface area contributed by atoms with Crippen molar-refractivity contribution in [1.29, 1.82) is 0 Å². The molecule has 0 radical (unpaired) electrons. The van der Waals surface area contributed by atoms with E-state index in [0.29, 0.717) is 11.7 Å². The lowest BCUT2D eigenvalue weighted by Crippen LogP contribution is -2.34. The number of benzene rings is 2. The van der Waals surface area contributed by atoms with E-state index in [1.54, 1.807) is 25.3 Å². The van der Waals surface area contributed by atoms with Crippen LogP contribution in [-0.4, -0.2) is 40.6 Å². The molecule has 0 bridgehead atoms. The van der Waals surface area contributed by atoms with Crippen LogP contribution in [0.5, 0.6) is 5.75 Å². The number of sulfonamides is 1. The summed E-state index contributed by atoms with van der Waals surface area (Å²) in [7, 11) is 1.80. The molecule has 0 unspecified atom stereocenters. The van der Waals surface area contributed by atoms with Gasteiger partial charge in [0.25, 0.3) is 10.0 Å². The monoisotopic (exact) mass is 428 g/mol. The van der Waals surface area contributed by atoms with E-state index in [1.807, 2.05) is 14.1 Å². The molecule has 3 rings (SSSR count). The minimum Gasteiger partial charge on any atom is -0.496 e. The average Bonchev–Trinajstić information content (AvgIpc) is 2.60. The molecule has 0 heterocycles. The Labute approximate surface area is 170 Å². The third-order valence-corrected chi connectivity index (χ3v) is 7.26. The van der Waals surface area contributed by atoms with Crippen LogP contribution in [0.3, 0.4) is 0 Å². The number of likely N-dealkylation sites (N-methyl/N-ethyl adjacent to an activating group) is 1. The van der Waals surface area contributed by atoms with Gasteiger partial charge in [-0.15, -0.1) is 0 Å². The van der Waals surface area contributed by atoms with Crippen LogP contribution in [0.4, 0.5) is 5.69 Å². The van der Waals surface area contributed by atoms with E-state index in [4.69, 9.17) is 27.9 Å². The van der Waals surface area contributed by atoms with E-state index >= 15 is 0 Å². The van der Waals surface area contributed by atoms with Crippen LogP contribution >= 0.6 is 23.2 Å². The summed E-state index contributed by atoms with van der Waals surface area (Å²) in [5, 5.41) is 0.176. The van der Waals surface area contributed by atoms with Gasteiger partial charge in [0.15, 0.2) is 0 Å². The van der Waals surface area contributed by atoms with Crippen molar-refractivity contribution in [2.24, 2.45) is 0 Å². The first-order valence-electron chi connectivity index (χ1n) is 8.56. The van der Waals surface area contributed by atoms with Gasteiger partial charge in [-0.25, -0.2) is 8.42 Å². The summed E-state index contributed by atoms with van der Waals surface area (Å²) < 4.78 is 34.1. The molecule has 0 aromatic heterocycles. The second kappa shape index (κ2) is 7.87. The molecule has 8 heteroatoms. The molecule has 2 aromatic rings. The summed E-state index contributed by atoms with van der Waals surface area (Å²) >= 11 is 12.2. The molecule has 1 N–H and O–H groups in total. The van der Waals surface area contributed by atoms with Gasteiger partial charge in [0, 0.05) is 11.6 Å². The van der Waals surface area contributed by atoms with Crippen molar-refractivity contribution < 1.29 is 13.2 Å². The molecular weight excluding hydrogens is 407 g/mol. The Morgan fingerprint density at radius 3 is 2.37 bits per heavy atom. The maximum atomic E-state index is 12.9. The van der Waals surface area contributed by atoms with E-state index < -0.39 is 10.0 Å². The molecule has 2 aromatic carbocycles. The quantitative estimate of drug-likeness (QED) is 0.773. The normalized spacial score (nSPS) is 16.9. The van der Waals surface area contributed by atoms with Crippen LogP contribution in [0.2, 0.25) is 10.0 Å². The SMILES string of the molecule is COc1ccc(NS(=O)(=O)c2c(Cl)cccc2Cl)c2c1C[C@@H](N(C)C)CC2. The standard InChI is InChI=1S/C19H22Cl2N2O3S/c1-23(2)12-7-8-13-14(11-12)18(26-3)10-9-17(13)22-27(24,25)19-15(20)5-4-6-16(19)21/h4-6,9-10,12,22H,7-8,11H2,1-3H3/t12-/m0/s1. The molecule has 1 aliphatic carbocycles. The molecule has 0 saturated carbocycles. The van der Waals surface area contributed by atoms with Crippen LogP contribution in [-0.2, 0) is 22.9 Å². The molecule has 0 aliphatic heterocycles. The first-order chi connectivity index (χ1) is 12.7. The van der Waals surface area contributed by atoms with Crippen molar-refractivity contribution >= 4 is 38.9 Å². The van der Waals surface area contributed by atoms with E-state index in [9.17, 15) is 8.42 Å². The number of fused-ring (bicyclic) bond motifs is 1. The van der Waals surface area contributed by atoms with Crippen molar-refractivity contribution in [2.45, 2.75) is 30.2 Å². The number of nitrogens with zero attached hydrogens (tertiary/aromatic N) is 1. The van der Waals surface area contributed by atoms with E-state index in [2.05, 4.69) is 9.62 Å². The molecule has 0 saturated heterocycles. The number of anilines is 1. The topological polar surface area (TPSA) is 58.6 Å². The van der Waals surface area contributed by atoms with E-state index in [-0.39, 0.29) is 14.9 Å². The number of nitrogens with one attached hydrogen (secondary N) is 1. The minimum absolute atomic E-state index is 0.0880. The number of methoxy groups -OCH3 is 1. The zero-order valence-corrected chi connectivity index (χ0v) is 17.7. The predicted octanol–water partition coefficient (Wildman–Crippen LogP) is 4.22. The fraction of sp³-hybridized carbons (Fsp3) is 0.368. The van der Waals surface area contributed by atoms with Gasteiger partial charge in [0.2, 0.25) is 0 Å². The lowest BCUT2D eigenvalue weighted by atomic mass is 9.86. The summed E-state index contributed by atoms with van der Waals surface area (Å²) in [6, 6.07) is 8.54. The van der Waals surface area contributed by atoms with Crippen molar-refractivity contribution in [3.8, 4) is 5.75 Å². The van der Waals surface area contributed by atoms with Crippen LogP contribution in [0, 0.1) is 0 Å². The van der Waals surface area contributed by atoms with Gasteiger partial charge >= 0.3 is 0 Å². The zero-order valence-electron chi connectivity index (χ0n) is 15.4. The number of hydrogen-bond donors (Lipinski definition) is 1. The van der Waals surface area contributed by atoms with Crippen molar-refractivity contribution in [3.63, 3.8) is 0 Å². The molecule has 0 fully saturated rings. The zero-order chi connectivity index (χ0) is 19.8. The second-order valence-corrected chi connectivity index (χ2v) is 9.22. The van der Waals surface area contributed by atoms with Gasteiger partial charge in [-0.3, -0.25) is 4.72 Å². The Bertz CT molecular complexity index is 941. The van der Waals surface area contributed by atoms with Crippen molar-refractivity contribution in [1.82, 2.24) is 4.90 Å². The third kappa shape index (κ3) is 4.04. The van der Waals surface area contributed by atoms with E-state index in [1.165, 1.54) is 12.1 Å². The lowest BCUT2D eigenvalue weighted by Gasteiger charge is -2.32. The maximum absolute atomic E-state index is 12.9. The molecule has 146 valence electrons. The number of ether oxygens (including phenoxy) is 1. The van der Waals surface area contributed by atoms with Gasteiger partial charge < -0.3 is 9.64 Å². The largest absolute Gasteiger partial charge is 0.496 e. The number of rotatable bonds is 5. The average molecular weight is 429 g/mol. The fourth-order valence-corrected chi connectivity index (χ4v) is 5.73. The smallest absolute Gasteiger partial charge is 0.264 e. The molecule has 1 aliphatic rings. The first-order valence-corrected chi connectivity index (χ1v) is 10.8. The van der Waals surface area contributed by atoms with Crippen LogP contribution in [0.25, 0.3) is 0 Å². The van der Waals surface area contributed by atoms with Gasteiger partial charge in [-0.05, 0) is 63.2 Å². The number of halogens is 2. The highest BCUT2D eigenvalue weighted by Gasteiger charge is 2.28. The second-order valence-electron chi connectivity index (χ2n) is 6.79. The Morgan fingerprint density at radius 1 is 1.11 bits per heavy atom. The highest BCUT2D eigenvalue weighted by Crippen LogP contribution is 2.38. The molecular formula is C19H22Cl2N2O3S. The Kier molecular flexibility index (Phi) is 5.91. The highest BCUT2D eigenvalue weighted by atomic mass is 35.5. The van der Waals surface area contributed by atoms with Crippen LogP contribution < -0.4 is 9.46 Å². The first kappa shape index (κ1) is 20.3. The molecule has 0 amide bonds. The number of hydrogen-bond acceptors (Lipinski definition) is 4. The predicted molar refractivity (Wildman–Crippen MR) is 110 cm³/mol. The Hall–Kier alpha value is -1.47. The van der Waals surface area contributed by atoms with Gasteiger partial charge in [0.1, 0.15) is 10.6 Å². The third-order valence-electron chi connectivity index (χ3n) is 4.94. The van der Waals surface area contributed by atoms with Crippen molar-refractivity contribution in [3.05, 3.63) is 51.5 Å². The van der Waals surface area contributed by atoms with Gasteiger partial charge in [0.05, 0.1) is 22.8 Å². The molecule has 27 heavy (non-hydrogen) atoms. The summed E-state index contributed by atoms with van der Waals surface area (Å²) in [6.45, 7) is 0. The van der Waals surface area contributed by atoms with Gasteiger partial charge in [-0.1, -0.05) is 29.3 Å². The highest BCUT2D eigenvalue weighted by molar-refractivity contribution is 7.93. The Balaban J connectivity index is 2.03. The summed E-state index contributed by atoms with van der Waals surface area (Å²) in [4.78, 5) is 2.07. The van der Waals surface area contributed by atoms with Crippen LogP contribution in [0.15, 0.2) is 35.2 Å². The molecule has 1 atom stereocenters. The Morgan fingerprint density at radius 2 is 1.78 bits per heavy atom. The molecule has 0 spiro atoms. The molecule has 5 nitrogen and oxygen atoms in total.